The Morgan fingerprint density at radius 2 is 1.76 bits per heavy atom. The van der Waals surface area contributed by atoms with E-state index in [0.717, 1.165) is 10.9 Å². The van der Waals surface area contributed by atoms with Crippen LogP contribution < -0.4 is 40.9 Å². The number of imidazole rings is 1. The number of aliphatic hydroxyl groups is 2. The molecule has 34 heavy (non-hydrogen) atoms. The average Bonchev–Trinajstić information content (AvgIpc) is 3.12. The number of nitrogen functional groups attached to an aromatic ring is 1. The smallest absolute Gasteiger partial charge is 1.00 e. The van der Waals surface area contributed by atoms with Crippen LogP contribution in [0.1, 0.15) is 7.65 Å². The third-order valence-electron chi connectivity index (χ3n) is 3.88. The first-order chi connectivity index (χ1) is 14.6. The second-order valence-corrected chi connectivity index (χ2v) is 10.6. The summed E-state index contributed by atoms with van der Waals surface area (Å²) >= 11 is 0. The molecule has 1 saturated heterocycles. The summed E-state index contributed by atoms with van der Waals surface area (Å²) in [6, 6.07) is 0. The van der Waals surface area contributed by atoms with Crippen molar-refractivity contribution >= 4 is 40.6 Å². The number of fused-ring (bicyclic) bond motifs is 1. The molecule has 20 nitrogen and oxygen atoms in total. The average molecular weight is 565 g/mol. The van der Waals surface area contributed by atoms with Gasteiger partial charge >= 0.3 is 53.0 Å². The molecule has 3 heterocycles. The molecule has 2 aromatic heterocycles. The monoisotopic (exact) mass is 565 g/mol. The van der Waals surface area contributed by atoms with Crippen LogP contribution in [0.5, 0.6) is 0 Å². The van der Waals surface area contributed by atoms with Gasteiger partial charge < -0.3 is 47.2 Å². The van der Waals surface area contributed by atoms with E-state index in [1.54, 1.807) is 0 Å². The summed E-state index contributed by atoms with van der Waals surface area (Å²) in [4.78, 5) is 57.3. The van der Waals surface area contributed by atoms with E-state index in [2.05, 4.69) is 28.1 Å². The molecule has 2 unspecified atom stereocenters. The van der Waals surface area contributed by atoms with Crippen LogP contribution in [-0.2, 0) is 31.6 Å². The van der Waals surface area contributed by atoms with E-state index < -0.39 is 60.2 Å². The number of nitrogens with one attached hydrogen (secondary N) is 1. The Labute approximate surface area is 211 Å². The van der Waals surface area contributed by atoms with E-state index in [-0.39, 0.29) is 53.6 Å². The molecule has 0 spiro atoms. The first-order valence-electron chi connectivity index (χ1n) is 8.11. The zero-order valence-corrected chi connectivity index (χ0v) is 21.5. The molecule has 0 bridgehead atoms. The molecular formula is C10H19N5NaO15P3. The molecule has 1 fully saturated rings. The summed E-state index contributed by atoms with van der Waals surface area (Å²) in [6.07, 6.45) is -5.33. The molecule has 0 amide bonds. The van der Waals surface area contributed by atoms with E-state index in [4.69, 9.17) is 25.2 Å². The fourth-order valence-electron chi connectivity index (χ4n) is 2.70. The molecular weight excluding hydrogens is 546 g/mol. The van der Waals surface area contributed by atoms with Gasteiger partial charge in [-0.2, -0.15) is 13.6 Å². The van der Waals surface area contributed by atoms with Crippen molar-refractivity contribution < 1.29 is 97.8 Å². The molecule has 3 rings (SSSR count). The number of nitrogens with two attached hydrogens (primary N) is 1. The third kappa shape index (κ3) is 7.45. The number of phosphoric acid groups is 3. The number of aliphatic hydroxyl groups excluding tert-OH is 2. The second kappa shape index (κ2) is 11.2. The summed E-state index contributed by atoms with van der Waals surface area (Å²) in [6.45, 7) is -1.01. The standard InChI is InChI=1S/C10H16N5O14P3.Na.H2O.H/c11-10-13-7-4(8(18)14-10)12-2-15(7)9-6(17)5(16)3(27-9)1-26-31(22,23)29-32(24,25)28-30(19,20)21;;;/h2-3,5-6,9,16-17H,1H2,(H,22,23)(H,24,25)(H2,19,20,21)(H3,11,13,14,18);;1H2;/q;+1;;-1/t3-,5-,6-,9-;;;/m1.../s1. The van der Waals surface area contributed by atoms with Crippen molar-refractivity contribution in [2.45, 2.75) is 24.5 Å². The molecule has 2 aromatic rings. The quantitative estimate of drug-likeness (QED) is 0.109. The van der Waals surface area contributed by atoms with Crippen molar-refractivity contribution in [3.05, 3.63) is 16.7 Å². The van der Waals surface area contributed by atoms with Crippen LogP contribution in [0.15, 0.2) is 11.1 Å². The summed E-state index contributed by atoms with van der Waals surface area (Å²) < 4.78 is 51.6. The van der Waals surface area contributed by atoms with Gasteiger partial charge in [0.2, 0.25) is 5.95 Å². The van der Waals surface area contributed by atoms with Gasteiger partial charge in [0.25, 0.3) is 5.56 Å². The zero-order chi connectivity index (χ0) is 24.1. The van der Waals surface area contributed by atoms with Gasteiger partial charge in [-0.3, -0.25) is 18.9 Å². The maximum absolute atomic E-state index is 11.9. The van der Waals surface area contributed by atoms with Gasteiger partial charge in [-0.05, 0) is 0 Å². The molecule has 0 aromatic carbocycles. The largest absolute Gasteiger partial charge is 1.00 e. The Morgan fingerprint density at radius 1 is 1.15 bits per heavy atom. The normalized spacial score (nSPS) is 26.3. The Kier molecular flexibility index (Phi) is 10.4. The van der Waals surface area contributed by atoms with Crippen molar-refractivity contribution in [3.63, 3.8) is 0 Å². The maximum Gasteiger partial charge on any atom is 1.00 e. The topological polar surface area (TPSA) is 331 Å². The van der Waals surface area contributed by atoms with Crippen molar-refractivity contribution in [2.75, 3.05) is 12.3 Å². The van der Waals surface area contributed by atoms with Gasteiger partial charge in [-0.1, -0.05) is 0 Å². The maximum atomic E-state index is 11.9. The molecule has 0 aliphatic carbocycles. The molecule has 11 N–H and O–H groups in total. The first kappa shape index (κ1) is 31.4. The van der Waals surface area contributed by atoms with Crippen molar-refractivity contribution in [1.29, 1.82) is 0 Å². The molecule has 1 aliphatic rings. The molecule has 0 radical (unpaired) electrons. The summed E-state index contributed by atoms with van der Waals surface area (Å²) in [5.41, 5.74) is 4.50. The van der Waals surface area contributed by atoms with Crippen molar-refractivity contribution in [1.82, 2.24) is 19.5 Å². The molecule has 24 heteroatoms. The summed E-state index contributed by atoms with van der Waals surface area (Å²) in [5.74, 6) is -0.276. The fraction of sp³-hybridized carbons (Fsp3) is 0.500. The molecule has 190 valence electrons. The van der Waals surface area contributed by atoms with E-state index >= 15 is 0 Å². The van der Waals surface area contributed by atoms with Gasteiger partial charge in [0.15, 0.2) is 17.4 Å². The minimum Gasteiger partial charge on any atom is -1.00 e. The summed E-state index contributed by atoms with van der Waals surface area (Å²) in [7, 11) is -16.8. The van der Waals surface area contributed by atoms with E-state index in [1.807, 2.05) is 0 Å². The minimum absolute atomic E-state index is 0. The predicted molar refractivity (Wildman–Crippen MR) is 103 cm³/mol. The van der Waals surface area contributed by atoms with E-state index in [1.165, 1.54) is 0 Å². The minimum atomic E-state index is -5.73. The van der Waals surface area contributed by atoms with Gasteiger partial charge in [-0.25, -0.2) is 18.7 Å². The number of aromatic amines is 1. The number of nitrogens with zero attached hydrogens (tertiary/aromatic N) is 3. The third-order valence-corrected chi connectivity index (χ3v) is 7.68. The number of hydrogen-bond donors (Lipinski definition) is 8. The van der Waals surface area contributed by atoms with Crippen LogP contribution in [0.3, 0.4) is 0 Å². The number of ether oxygens (including phenoxy) is 1. The molecule has 0 saturated carbocycles. The van der Waals surface area contributed by atoms with E-state index in [0.29, 0.717) is 0 Å². The van der Waals surface area contributed by atoms with Gasteiger partial charge in [0.05, 0.1) is 12.9 Å². The predicted octanol–water partition coefficient (Wildman–Crippen LogP) is -6.04. The number of rotatable bonds is 8. The second-order valence-electron chi connectivity index (χ2n) is 6.21. The fourth-order valence-corrected chi connectivity index (χ4v) is 5.73. The first-order valence-corrected chi connectivity index (χ1v) is 12.6. The number of hydrogen-bond acceptors (Lipinski definition) is 13. The summed E-state index contributed by atoms with van der Waals surface area (Å²) in [5, 5.41) is 20.4. The van der Waals surface area contributed by atoms with Crippen LogP contribution in [0.25, 0.3) is 11.2 Å². The van der Waals surface area contributed by atoms with Crippen LogP contribution in [0.2, 0.25) is 0 Å². The van der Waals surface area contributed by atoms with Crippen molar-refractivity contribution in [3.8, 4) is 0 Å². The van der Waals surface area contributed by atoms with Gasteiger partial charge in [0.1, 0.15) is 18.3 Å². The van der Waals surface area contributed by atoms with Crippen LogP contribution in [-0.4, -0.2) is 79.7 Å². The number of anilines is 1. The molecule has 6 atom stereocenters. The SMILES string of the molecule is Nc1nc2c(ncn2[C@@H]2O[C@H](COP(=O)(O)OP(=O)(O)OP(=O)(O)O)[C@@H](O)[C@H]2O)c(=O)[nH]1.O.[H-].[Na+]. The number of phosphoric ester groups is 1. The Morgan fingerprint density at radius 3 is 2.35 bits per heavy atom. The Bertz CT molecular complexity index is 1220. The molecule has 1 aliphatic heterocycles. The van der Waals surface area contributed by atoms with Gasteiger partial charge in [-0.15, -0.1) is 0 Å². The van der Waals surface area contributed by atoms with Crippen LogP contribution in [0.4, 0.5) is 5.95 Å². The Hall–Kier alpha value is -0.600. The van der Waals surface area contributed by atoms with Gasteiger partial charge in [0, 0.05) is 0 Å². The number of H-pyrrole nitrogens is 1. The van der Waals surface area contributed by atoms with E-state index in [9.17, 15) is 33.6 Å². The number of aromatic nitrogens is 4. The van der Waals surface area contributed by atoms with Crippen LogP contribution in [0, 0.1) is 0 Å². The zero-order valence-electron chi connectivity index (χ0n) is 17.8. The van der Waals surface area contributed by atoms with Crippen LogP contribution >= 0.6 is 23.5 Å². The van der Waals surface area contributed by atoms with Crippen molar-refractivity contribution in [2.24, 2.45) is 0 Å². The Balaban J connectivity index is 0.00000385.